The molecule has 0 fully saturated rings. The fourth-order valence-electron chi connectivity index (χ4n) is 1.85. The maximum Gasteiger partial charge on any atom is 0.128 e. The third-order valence-electron chi connectivity index (χ3n) is 3.01. The van der Waals surface area contributed by atoms with Crippen LogP contribution in [0.5, 0.6) is 0 Å². The molecule has 0 aromatic heterocycles. The average Bonchev–Trinajstić information content (AvgIpc) is 2.40. The van der Waals surface area contributed by atoms with Crippen molar-refractivity contribution in [3.8, 4) is 0 Å². The normalized spacial score (nSPS) is 11.1. The van der Waals surface area contributed by atoms with Crippen molar-refractivity contribution in [3.05, 3.63) is 59.4 Å². The minimum absolute atomic E-state index is 0.143. The summed E-state index contributed by atoms with van der Waals surface area (Å²) in [4.78, 5) is 2.11. The van der Waals surface area contributed by atoms with Gasteiger partial charge in [0, 0.05) is 27.9 Å². The fraction of sp³-hybridized carbons (Fsp3) is 0.294. The van der Waals surface area contributed by atoms with Gasteiger partial charge in [0.15, 0.2) is 0 Å². The molecule has 0 heterocycles. The number of benzene rings is 2. The molecule has 0 amide bonds. The van der Waals surface area contributed by atoms with E-state index in [1.807, 2.05) is 6.07 Å². The molecule has 1 nitrogen and oxygen atoms in total. The zero-order chi connectivity index (χ0) is 14.5. The molecule has 0 atom stereocenters. The van der Waals surface area contributed by atoms with Crippen molar-refractivity contribution in [2.45, 2.75) is 43.1 Å². The summed E-state index contributed by atoms with van der Waals surface area (Å²) in [5.74, 6) is -0.143. The Morgan fingerprint density at radius 2 is 1.80 bits per heavy atom. The van der Waals surface area contributed by atoms with Gasteiger partial charge in [0.2, 0.25) is 0 Å². The number of halogens is 1. The molecule has 0 radical (unpaired) electrons. The molecule has 0 aliphatic carbocycles. The third kappa shape index (κ3) is 4.09. The second kappa shape index (κ2) is 6.91. The summed E-state index contributed by atoms with van der Waals surface area (Å²) >= 11 is 1.61. The molecule has 0 bridgehead atoms. The van der Waals surface area contributed by atoms with E-state index in [-0.39, 0.29) is 5.82 Å². The molecule has 0 saturated heterocycles. The van der Waals surface area contributed by atoms with Gasteiger partial charge in [-0.15, -0.1) is 0 Å². The summed E-state index contributed by atoms with van der Waals surface area (Å²) in [6.07, 6.45) is 0. The summed E-state index contributed by atoms with van der Waals surface area (Å²) < 4.78 is 14.0. The lowest BCUT2D eigenvalue weighted by molar-refractivity contribution is 0.546. The van der Waals surface area contributed by atoms with Crippen LogP contribution in [0.3, 0.4) is 0 Å². The van der Waals surface area contributed by atoms with E-state index < -0.39 is 0 Å². The highest BCUT2D eigenvalue weighted by atomic mass is 32.2. The number of hydrogen-bond acceptors (Lipinski definition) is 2. The van der Waals surface area contributed by atoms with Gasteiger partial charge in [-0.2, -0.15) is 0 Å². The molecule has 0 aliphatic rings. The fourth-order valence-corrected chi connectivity index (χ4v) is 2.81. The lowest BCUT2D eigenvalue weighted by atomic mass is 10.2. The standard InChI is InChI=1S/C17H20FNS/c1-12(2)19-11-15-16(18)5-4-6-17(15)20-14-9-7-13(3)8-10-14/h4-10,12,19H,11H2,1-3H3. The predicted molar refractivity (Wildman–Crippen MR) is 83.7 cm³/mol. The van der Waals surface area contributed by atoms with Crippen LogP contribution in [0.1, 0.15) is 25.0 Å². The number of rotatable bonds is 5. The Balaban J connectivity index is 2.22. The minimum atomic E-state index is -0.143. The van der Waals surface area contributed by atoms with Gasteiger partial charge in [-0.05, 0) is 31.2 Å². The maximum atomic E-state index is 14.0. The van der Waals surface area contributed by atoms with Gasteiger partial charge < -0.3 is 5.32 Å². The highest BCUT2D eigenvalue weighted by Crippen LogP contribution is 2.31. The van der Waals surface area contributed by atoms with Gasteiger partial charge in [-0.25, -0.2) is 4.39 Å². The first kappa shape index (κ1) is 15.1. The molecule has 106 valence electrons. The Bertz CT molecular complexity index is 564. The first-order valence-electron chi connectivity index (χ1n) is 6.81. The quantitative estimate of drug-likeness (QED) is 0.850. The summed E-state index contributed by atoms with van der Waals surface area (Å²) in [7, 11) is 0. The first-order valence-corrected chi connectivity index (χ1v) is 7.63. The lowest BCUT2D eigenvalue weighted by Gasteiger charge is -2.13. The van der Waals surface area contributed by atoms with Crippen LogP contribution in [0.4, 0.5) is 4.39 Å². The Morgan fingerprint density at radius 1 is 1.10 bits per heavy atom. The summed E-state index contributed by atoms with van der Waals surface area (Å²) in [6.45, 7) is 6.74. The van der Waals surface area contributed by atoms with E-state index in [9.17, 15) is 4.39 Å². The lowest BCUT2D eigenvalue weighted by Crippen LogP contribution is -2.22. The van der Waals surface area contributed by atoms with Gasteiger partial charge in [0.05, 0.1) is 0 Å². The van der Waals surface area contributed by atoms with E-state index in [4.69, 9.17) is 0 Å². The second-order valence-electron chi connectivity index (χ2n) is 5.17. The topological polar surface area (TPSA) is 12.0 Å². The molecular weight excluding hydrogens is 269 g/mol. The molecule has 2 rings (SSSR count). The largest absolute Gasteiger partial charge is 0.310 e. The highest BCUT2D eigenvalue weighted by molar-refractivity contribution is 7.99. The molecule has 1 N–H and O–H groups in total. The minimum Gasteiger partial charge on any atom is -0.310 e. The zero-order valence-electron chi connectivity index (χ0n) is 12.1. The van der Waals surface area contributed by atoms with Crippen molar-refractivity contribution >= 4 is 11.8 Å². The van der Waals surface area contributed by atoms with E-state index in [0.29, 0.717) is 12.6 Å². The van der Waals surface area contributed by atoms with E-state index in [0.717, 1.165) is 15.4 Å². The van der Waals surface area contributed by atoms with Crippen LogP contribution in [0.15, 0.2) is 52.3 Å². The van der Waals surface area contributed by atoms with Gasteiger partial charge in [0.1, 0.15) is 5.82 Å². The SMILES string of the molecule is Cc1ccc(Sc2cccc(F)c2CNC(C)C)cc1. The highest BCUT2D eigenvalue weighted by Gasteiger charge is 2.10. The Labute approximate surface area is 124 Å². The van der Waals surface area contributed by atoms with Crippen LogP contribution in [-0.4, -0.2) is 6.04 Å². The first-order chi connectivity index (χ1) is 9.56. The van der Waals surface area contributed by atoms with Crippen LogP contribution in [0.25, 0.3) is 0 Å². The molecule has 0 unspecified atom stereocenters. The summed E-state index contributed by atoms with van der Waals surface area (Å²) in [5, 5.41) is 3.28. The molecule has 0 spiro atoms. The van der Waals surface area contributed by atoms with Crippen molar-refractivity contribution < 1.29 is 4.39 Å². The number of nitrogens with one attached hydrogen (secondary N) is 1. The van der Waals surface area contributed by atoms with E-state index in [2.05, 4.69) is 50.4 Å². The van der Waals surface area contributed by atoms with Crippen molar-refractivity contribution in [3.63, 3.8) is 0 Å². The maximum absolute atomic E-state index is 14.0. The van der Waals surface area contributed by atoms with E-state index in [1.54, 1.807) is 17.8 Å². The smallest absolute Gasteiger partial charge is 0.128 e. The molecular formula is C17H20FNS. The molecule has 0 aliphatic heterocycles. The van der Waals surface area contributed by atoms with Crippen LogP contribution in [0.2, 0.25) is 0 Å². The molecule has 2 aromatic carbocycles. The van der Waals surface area contributed by atoms with Crippen molar-refractivity contribution in [2.24, 2.45) is 0 Å². The van der Waals surface area contributed by atoms with Crippen molar-refractivity contribution in [1.82, 2.24) is 5.32 Å². The Morgan fingerprint density at radius 3 is 2.45 bits per heavy atom. The molecule has 3 heteroatoms. The predicted octanol–water partition coefficient (Wildman–Crippen LogP) is 4.78. The van der Waals surface area contributed by atoms with E-state index in [1.165, 1.54) is 11.6 Å². The Hall–Kier alpha value is -1.32. The second-order valence-corrected chi connectivity index (χ2v) is 6.28. The van der Waals surface area contributed by atoms with Gasteiger partial charge in [-0.3, -0.25) is 0 Å². The van der Waals surface area contributed by atoms with Crippen molar-refractivity contribution in [1.29, 1.82) is 0 Å². The van der Waals surface area contributed by atoms with Crippen LogP contribution in [0, 0.1) is 12.7 Å². The van der Waals surface area contributed by atoms with Gasteiger partial charge >= 0.3 is 0 Å². The Kier molecular flexibility index (Phi) is 5.21. The van der Waals surface area contributed by atoms with Crippen molar-refractivity contribution in [2.75, 3.05) is 0 Å². The monoisotopic (exact) mass is 289 g/mol. The summed E-state index contributed by atoms with van der Waals surface area (Å²) in [5.41, 5.74) is 1.97. The van der Waals surface area contributed by atoms with Crippen LogP contribution < -0.4 is 5.32 Å². The van der Waals surface area contributed by atoms with Gasteiger partial charge in [-0.1, -0.05) is 49.4 Å². The average molecular weight is 289 g/mol. The van der Waals surface area contributed by atoms with E-state index >= 15 is 0 Å². The van der Waals surface area contributed by atoms with Crippen LogP contribution in [-0.2, 0) is 6.54 Å². The molecule has 0 saturated carbocycles. The number of aryl methyl sites for hydroxylation is 1. The van der Waals surface area contributed by atoms with Gasteiger partial charge in [0.25, 0.3) is 0 Å². The molecule has 20 heavy (non-hydrogen) atoms. The van der Waals surface area contributed by atoms with Crippen LogP contribution >= 0.6 is 11.8 Å². The zero-order valence-corrected chi connectivity index (χ0v) is 12.9. The molecule has 2 aromatic rings. The summed E-state index contributed by atoms with van der Waals surface area (Å²) in [6, 6.07) is 13.9. The number of hydrogen-bond donors (Lipinski definition) is 1. The third-order valence-corrected chi connectivity index (χ3v) is 4.12.